The molecule has 2 heterocycles. The molecule has 10 aromatic rings. The summed E-state index contributed by atoms with van der Waals surface area (Å²) in [4.78, 5) is 4.69. The van der Waals surface area contributed by atoms with Crippen LogP contribution < -0.4 is 9.80 Å². The van der Waals surface area contributed by atoms with Crippen molar-refractivity contribution in [3.63, 3.8) is 0 Å². The molecule has 0 saturated heterocycles. The van der Waals surface area contributed by atoms with E-state index in [2.05, 4.69) is 189 Å². The van der Waals surface area contributed by atoms with Crippen molar-refractivity contribution in [2.75, 3.05) is 9.80 Å². The van der Waals surface area contributed by atoms with Gasteiger partial charge in [-0.05, 0) is 175 Å². The number of hydrogen-bond acceptors (Lipinski definition) is 2. The summed E-state index contributed by atoms with van der Waals surface area (Å²) in [6.45, 7) is 0.644. The zero-order valence-electron chi connectivity index (χ0n) is 36.9. The highest BCUT2D eigenvalue weighted by molar-refractivity contribution is 6.09. The molecule has 8 aromatic carbocycles. The summed E-state index contributed by atoms with van der Waals surface area (Å²) in [6, 6.07) is 64.0. The fourth-order valence-electron chi connectivity index (χ4n) is 10.2. The topological polar surface area (TPSA) is 16.3 Å². The smallest absolute Gasteiger partial charge is 0.123 e. The minimum Gasteiger partial charge on any atom is -0.336 e. The third-order valence-electron chi connectivity index (χ3n) is 13.4. The number of fused-ring (bicyclic) bond motifs is 6. The molecule has 0 spiro atoms. The van der Waals surface area contributed by atoms with Crippen LogP contribution in [0.25, 0.3) is 55.6 Å². The number of anilines is 5. The lowest BCUT2D eigenvalue weighted by molar-refractivity contribution is 0.626. The quantitative estimate of drug-likeness (QED) is 0.136. The summed E-state index contributed by atoms with van der Waals surface area (Å²) in [6.07, 6.45) is 15.3. The van der Waals surface area contributed by atoms with Crippen molar-refractivity contribution in [2.24, 2.45) is 0 Å². The van der Waals surface area contributed by atoms with Crippen LogP contribution in [-0.4, -0.2) is 9.13 Å². The number of halogens is 2. The Hall–Kier alpha value is -8.22. The average molecular weight is 873 g/mol. The summed E-state index contributed by atoms with van der Waals surface area (Å²) < 4.78 is 32.4. The van der Waals surface area contributed by atoms with Gasteiger partial charge in [0.1, 0.15) is 11.6 Å². The molecule has 0 N–H and O–H groups in total. The monoisotopic (exact) mass is 872 g/mol. The second kappa shape index (κ2) is 17.0. The molecular weight excluding hydrogens is 827 g/mol. The number of rotatable bonds is 10. The van der Waals surface area contributed by atoms with Crippen LogP contribution in [0.5, 0.6) is 0 Å². The number of aromatic nitrogens is 2. The third-order valence-corrected chi connectivity index (χ3v) is 13.4. The first-order valence-corrected chi connectivity index (χ1v) is 23.1. The Bertz CT molecular complexity index is 3540. The summed E-state index contributed by atoms with van der Waals surface area (Å²) in [5.41, 5.74) is 16.7. The Balaban J connectivity index is 0.880. The van der Waals surface area contributed by atoms with Crippen LogP contribution in [0.3, 0.4) is 0 Å². The highest BCUT2D eigenvalue weighted by Crippen LogP contribution is 2.42. The second-order valence-corrected chi connectivity index (χ2v) is 17.5. The standard InChI is InChI=1S/C61H46F2N4/c62-45-25-19-42(20-26-45)41-64-58-17-9-7-15-54(58)56-39-52(35-37-59(56)64)65(47-11-3-1-4-12-47)49-29-21-43(22-30-49)44-23-31-50(32-24-44)66(48-13-5-2-6-14-48)53-36-38-61-57(40-53)55-16-8-10-18-60(55)67(61)51-33-27-46(63)28-34-51/h1,3-5,7,9-15,17-40H,2,6,8,16,41H2. The lowest BCUT2D eigenvalue weighted by Gasteiger charge is -2.28. The van der Waals surface area contributed by atoms with Gasteiger partial charge in [0.25, 0.3) is 0 Å². The molecule has 324 valence electrons. The maximum Gasteiger partial charge on any atom is 0.123 e. The predicted molar refractivity (Wildman–Crippen MR) is 274 cm³/mol. The number of para-hydroxylation sites is 2. The minimum atomic E-state index is -0.235. The van der Waals surface area contributed by atoms with Crippen LogP contribution in [0.4, 0.5) is 37.2 Å². The number of nitrogens with zero attached hydrogens (tertiary/aromatic N) is 4. The molecule has 2 aliphatic carbocycles. The lowest BCUT2D eigenvalue weighted by atomic mass is 10.00. The van der Waals surface area contributed by atoms with Crippen LogP contribution in [0.15, 0.2) is 218 Å². The highest BCUT2D eigenvalue weighted by atomic mass is 19.1. The number of aryl methyl sites for hydroxylation is 1. The van der Waals surface area contributed by atoms with E-state index in [9.17, 15) is 8.78 Å². The predicted octanol–water partition coefficient (Wildman–Crippen LogP) is 16.5. The molecule has 0 bridgehead atoms. The van der Waals surface area contributed by atoms with Crippen molar-refractivity contribution in [3.8, 4) is 16.8 Å². The first-order valence-electron chi connectivity index (χ1n) is 23.1. The van der Waals surface area contributed by atoms with Crippen molar-refractivity contribution in [2.45, 2.75) is 32.2 Å². The molecule has 2 aromatic heterocycles. The Labute approximate surface area is 388 Å². The highest BCUT2D eigenvalue weighted by Gasteiger charge is 2.23. The van der Waals surface area contributed by atoms with Crippen LogP contribution in [0.1, 0.15) is 36.1 Å². The minimum absolute atomic E-state index is 0.228. The van der Waals surface area contributed by atoms with Gasteiger partial charge in [-0.3, -0.25) is 0 Å². The Morgan fingerprint density at radius 2 is 1.03 bits per heavy atom. The molecule has 67 heavy (non-hydrogen) atoms. The van der Waals surface area contributed by atoms with Crippen molar-refractivity contribution >= 4 is 67.2 Å². The maximum absolute atomic E-state index is 14.0. The van der Waals surface area contributed by atoms with Gasteiger partial charge in [-0.15, -0.1) is 0 Å². The van der Waals surface area contributed by atoms with Gasteiger partial charge < -0.3 is 18.9 Å². The van der Waals surface area contributed by atoms with Gasteiger partial charge in [-0.2, -0.15) is 0 Å². The fraction of sp³-hybridized carbons (Fsp3) is 0.0820. The SMILES string of the molecule is Fc1ccc(Cn2c3ccccc3c3cc(N(c4ccccc4)c4ccc(-c5ccc(N(C6=CCCC=C6)c6ccc7c(c6)c6c(n7-c7ccc(F)cc7)C=CCC6)cc5)cc4)ccc32)cc1. The Kier molecular flexibility index (Phi) is 10.2. The van der Waals surface area contributed by atoms with Gasteiger partial charge in [-0.25, -0.2) is 8.78 Å². The van der Waals surface area contributed by atoms with Gasteiger partial charge >= 0.3 is 0 Å². The van der Waals surface area contributed by atoms with Crippen molar-refractivity contribution < 1.29 is 8.78 Å². The first-order chi connectivity index (χ1) is 33.0. The molecule has 12 rings (SSSR count). The van der Waals surface area contributed by atoms with Gasteiger partial charge in [0, 0.05) is 79.3 Å². The van der Waals surface area contributed by atoms with Crippen LogP contribution in [0.2, 0.25) is 0 Å². The molecule has 4 nitrogen and oxygen atoms in total. The van der Waals surface area contributed by atoms with Gasteiger partial charge in [0.05, 0.1) is 5.52 Å². The van der Waals surface area contributed by atoms with Crippen molar-refractivity contribution in [1.82, 2.24) is 9.13 Å². The first kappa shape index (κ1) is 40.3. The normalized spacial score (nSPS) is 13.3. The van der Waals surface area contributed by atoms with Gasteiger partial charge in [0.15, 0.2) is 0 Å². The lowest BCUT2D eigenvalue weighted by Crippen LogP contribution is -2.16. The van der Waals surface area contributed by atoms with E-state index in [0.29, 0.717) is 6.54 Å². The van der Waals surface area contributed by atoms with Gasteiger partial charge in [-0.1, -0.05) is 91.0 Å². The molecule has 2 aliphatic rings. The number of allylic oxidation sites excluding steroid dienone is 4. The van der Waals surface area contributed by atoms with Gasteiger partial charge in [0.2, 0.25) is 0 Å². The Morgan fingerprint density at radius 1 is 0.448 bits per heavy atom. The van der Waals surface area contributed by atoms with Crippen LogP contribution >= 0.6 is 0 Å². The third kappa shape index (κ3) is 7.41. The summed E-state index contributed by atoms with van der Waals surface area (Å²) >= 11 is 0. The zero-order valence-corrected chi connectivity index (χ0v) is 36.9. The summed E-state index contributed by atoms with van der Waals surface area (Å²) in [5.74, 6) is -0.462. The molecular formula is C61H46F2N4. The fourth-order valence-corrected chi connectivity index (χ4v) is 10.2. The van der Waals surface area contributed by atoms with E-state index in [-0.39, 0.29) is 11.6 Å². The largest absolute Gasteiger partial charge is 0.336 e. The van der Waals surface area contributed by atoms with E-state index < -0.39 is 0 Å². The Morgan fingerprint density at radius 3 is 1.75 bits per heavy atom. The molecule has 0 amide bonds. The summed E-state index contributed by atoms with van der Waals surface area (Å²) in [7, 11) is 0. The van der Waals surface area contributed by atoms with E-state index >= 15 is 0 Å². The van der Waals surface area contributed by atoms with E-state index in [1.807, 2.05) is 24.3 Å². The van der Waals surface area contributed by atoms with E-state index in [1.165, 1.54) is 51.7 Å². The number of benzene rings is 8. The van der Waals surface area contributed by atoms with Crippen molar-refractivity contribution in [1.29, 1.82) is 0 Å². The van der Waals surface area contributed by atoms with E-state index in [4.69, 9.17) is 0 Å². The molecule has 0 unspecified atom stereocenters. The second-order valence-electron chi connectivity index (χ2n) is 17.5. The molecule has 0 fully saturated rings. The zero-order chi connectivity index (χ0) is 44.8. The molecule has 6 heteroatoms. The van der Waals surface area contributed by atoms with Crippen LogP contribution in [-0.2, 0) is 13.0 Å². The van der Waals surface area contributed by atoms with E-state index in [0.717, 1.165) is 98.7 Å². The maximum atomic E-state index is 14.0. The van der Waals surface area contributed by atoms with Crippen molar-refractivity contribution in [3.05, 3.63) is 247 Å². The average Bonchev–Trinajstić information content (AvgIpc) is 3.88. The molecule has 0 atom stereocenters. The molecule has 0 aliphatic heterocycles. The molecule has 0 radical (unpaired) electrons. The van der Waals surface area contributed by atoms with E-state index in [1.54, 1.807) is 0 Å². The summed E-state index contributed by atoms with van der Waals surface area (Å²) in [5, 5.41) is 3.57. The van der Waals surface area contributed by atoms with Crippen LogP contribution in [0, 0.1) is 11.6 Å². The molecule has 0 saturated carbocycles. The number of hydrogen-bond donors (Lipinski definition) is 0.